The lowest BCUT2D eigenvalue weighted by atomic mass is 10.2. The van der Waals surface area contributed by atoms with E-state index in [4.69, 9.17) is 0 Å². The van der Waals surface area contributed by atoms with Gasteiger partial charge in [-0.3, -0.25) is 9.59 Å². The summed E-state index contributed by atoms with van der Waals surface area (Å²) in [6.07, 6.45) is 6.43. The number of carbonyl (C=O) groups excluding carboxylic acids is 2. The van der Waals surface area contributed by atoms with Gasteiger partial charge in [0.15, 0.2) is 0 Å². The molecule has 0 atom stereocenters. The first kappa shape index (κ1) is 14.2. The Balaban J connectivity index is 1.84. The number of rotatable bonds is 2. The van der Waals surface area contributed by atoms with Crippen LogP contribution in [0.5, 0.6) is 0 Å². The molecule has 0 radical (unpaired) electrons. The number of nitrogens with zero attached hydrogens (tertiary/aromatic N) is 1. The van der Waals surface area contributed by atoms with Gasteiger partial charge in [-0.05, 0) is 37.8 Å². The Hall–Kier alpha value is -2.17. The molecule has 106 valence electrons. The summed E-state index contributed by atoms with van der Waals surface area (Å²) in [5.74, 6) is -1.43. The van der Waals surface area contributed by atoms with Gasteiger partial charge in [-0.15, -0.1) is 0 Å². The van der Waals surface area contributed by atoms with Gasteiger partial charge in [0.2, 0.25) is 0 Å². The maximum absolute atomic E-state index is 11.7. The van der Waals surface area contributed by atoms with E-state index in [9.17, 15) is 9.59 Å². The third kappa shape index (κ3) is 4.50. The number of carbonyl (C=O) groups is 2. The smallest absolute Gasteiger partial charge is 0.318 e. The van der Waals surface area contributed by atoms with Crippen LogP contribution in [0.25, 0.3) is 0 Å². The minimum absolute atomic E-state index is 0.592. The summed E-state index contributed by atoms with van der Waals surface area (Å²) < 4.78 is 0. The number of para-hydroxylation sites is 1. The maximum atomic E-state index is 11.7. The predicted molar refractivity (Wildman–Crippen MR) is 78.4 cm³/mol. The van der Waals surface area contributed by atoms with Crippen molar-refractivity contribution < 1.29 is 9.59 Å². The average Bonchev–Trinajstić information content (AvgIpc) is 2.74. The van der Waals surface area contributed by atoms with Crippen LogP contribution in [0.15, 0.2) is 35.4 Å². The zero-order valence-corrected chi connectivity index (χ0v) is 11.4. The lowest BCUT2D eigenvalue weighted by Crippen LogP contribution is -2.33. The van der Waals surface area contributed by atoms with Gasteiger partial charge in [0.05, 0.1) is 0 Å². The molecule has 2 rings (SSSR count). The second-order valence-electron chi connectivity index (χ2n) is 4.85. The van der Waals surface area contributed by atoms with Gasteiger partial charge in [-0.25, -0.2) is 5.43 Å². The summed E-state index contributed by atoms with van der Waals surface area (Å²) in [6, 6.07) is 8.87. The van der Waals surface area contributed by atoms with Crippen LogP contribution in [-0.2, 0) is 9.59 Å². The Morgan fingerprint density at radius 1 is 0.900 bits per heavy atom. The Morgan fingerprint density at radius 2 is 1.55 bits per heavy atom. The molecule has 0 bridgehead atoms. The van der Waals surface area contributed by atoms with Crippen molar-refractivity contribution in [2.75, 3.05) is 5.32 Å². The first-order valence-corrected chi connectivity index (χ1v) is 6.97. The van der Waals surface area contributed by atoms with Crippen molar-refractivity contribution in [3.05, 3.63) is 30.3 Å². The molecule has 0 aliphatic heterocycles. The van der Waals surface area contributed by atoms with Crippen molar-refractivity contribution in [1.29, 1.82) is 0 Å². The summed E-state index contributed by atoms with van der Waals surface area (Å²) in [6.45, 7) is 0. The molecule has 1 aromatic carbocycles. The molecule has 1 fully saturated rings. The van der Waals surface area contributed by atoms with E-state index in [0.717, 1.165) is 31.4 Å². The molecule has 5 nitrogen and oxygen atoms in total. The van der Waals surface area contributed by atoms with E-state index in [1.807, 2.05) is 6.07 Å². The number of benzene rings is 1. The maximum Gasteiger partial charge on any atom is 0.329 e. The minimum atomic E-state index is -0.731. The third-order valence-corrected chi connectivity index (χ3v) is 3.23. The monoisotopic (exact) mass is 273 g/mol. The van der Waals surface area contributed by atoms with Crippen LogP contribution in [0.3, 0.4) is 0 Å². The minimum Gasteiger partial charge on any atom is -0.318 e. The molecule has 1 aliphatic carbocycles. The number of hydrogen-bond donors (Lipinski definition) is 2. The average molecular weight is 273 g/mol. The fourth-order valence-electron chi connectivity index (χ4n) is 2.14. The van der Waals surface area contributed by atoms with Crippen molar-refractivity contribution in [1.82, 2.24) is 5.43 Å². The van der Waals surface area contributed by atoms with Crippen LogP contribution < -0.4 is 10.7 Å². The summed E-state index contributed by atoms with van der Waals surface area (Å²) in [4.78, 5) is 23.3. The molecule has 0 aromatic heterocycles. The molecule has 0 unspecified atom stereocenters. The van der Waals surface area contributed by atoms with Crippen molar-refractivity contribution in [2.45, 2.75) is 38.5 Å². The molecule has 20 heavy (non-hydrogen) atoms. The molecular formula is C15H19N3O2. The van der Waals surface area contributed by atoms with Crippen LogP contribution in [0.2, 0.25) is 0 Å². The third-order valence-electron chi connectivity index (χ3n) is 3.23. The Bertz CT molecular complexity index is 487. The summed E-state index contributed by atoms with van der Waals surface area (Å²) in [5.41, 5.74) is 3.90. The van der Waals surface area contributed by atoms with Gasteiger partial charge >= 0.3 is 11.8 Å². The number of anilines is 1. The van der Waals surface area contributed by atoms with Crippen LogP contribution in [0, 0.1) is 0 Å². The normalized spacial score (nSPS) is 15.1. The highest BCUT2D eigenvalue weighted by molar-refractivity contribution is 6.39. The molecule has 0 spiro atoms. The van der Waals surface area contributed by atoms with Crippen LogP contribution in [0.4, 0.5) is 5.69 Å². The van der Waals surface area contributed by atoms with Crippen molar-refractivity contribution in [3.63, 3.8) is 0 Å². The molecule has 2 N–H and O–H groups in total. The number of hydrazone groups is 1. The second-order valence-corrected chi connectivity index (χ2v) is 4.85. The van der Waals surface area contributed by atoms with E-state index < -0.39 is 11.8 Å². The zero-order valence-electron chi connectivity index (χ0n) is 11.4. The predicted octanol–water partition coefficient (Wildman–Crippen LogP) is 2.45. The van der Waals surface area contributed by atoms with E-state index >= 15 is 0 Å². The van der Waals surface area contributed by atoms with Crippen molar-refractivity contribution >= 4 is 23.2 Å². The summed E-state index contributed by atoms with van der Waals surface area (Å²) >= 11 is 0. The van der Waals surface area contributed by atoms with Gasteiger partial charge in [-0.1, -0.05) is 31.0 Å². The lowest BCUT2D eigenvalue weighted by molar-refractivity contribution is -0.136. The topological polar surface area (TPSA) is 70.6 Å². The standard InChI is InChI=1S/C15H19N3O2/c19-14(16-12-8-6-3-7-9-12)15(20)18-17-13-10-4-1-2-5-11-13/h3,6-9H,1-2,4-5,10-11H2,(H,16,19)(H,18,20). The van der Waals surface area contributed by atoms with Gasteiger partial charge in [-0.2, -0.15) is 5.10 Å². The van der Waals surface area contributed by atoms with E-state index in [2.05, 4.69) is 15.8 Å². The molecule has 0 saturated heterocycles. The number of nitrogens with one attached hydrogen (secondary N) is 2. The number of hydrogen-bond acceptors (Lipinski definition) is 3. The Morgan fingerprint density at radius 3 is 2.20 bits per heavy atom. The molecule has 5 heteroatoms. The first-order valence-electron chi connectivity index (χ1n) is 6.97. The van der Waals surface area contributed by atoms with Gasteiger partial charge < -0.3 is 5.32 Å². The van der Waals surface area contributed by atoms with Gasteiger partial charge in [0.25, 0.3) is 0 Å². The lowest BCUT2D eigenvalue weighted by Gasteiger charge is -2.05. The fraction of sp³-hybridized carbons (Fsp3) is 0.400. The molecular weight excluding hydrogens is 254 g/mol. The van der Waals surface area contributed by atoms with E-state index in [1.54, 1.807) is 24.3 Å². The Labute approximate surface area is 118 Å². The Kier molecular flexibility index (Phi) is 5.29. The molecule has 1 aliphatic rings. The van der Waals surface area contributed by atoms with Crippen molar-refractivity contribution in [3.8, 4) is 0 Å². The summed E-state index contributed by atoms with van der Waals surface area (Å²) in [5, 5.41) is 6.58. The van der Waals surface area contributed by atoms with Crippen LogP contribution in [0.1, 0.15) is 38.5 Å². The van der Waals surface area contributed by atoms with E-state index in [1.165, 1.54) is 12.8 Å². The molecule has 0 heterocycles. The van der Waals surface area contributed by atoms with E-state index in [-0.39, 0.29) is 0 Å². The largest absolute Gasteiger partial charge is 0.329 e. The highest BCUT2D eigenvalue weighted by atomic mass is 16.2. The van der Waals surface area contributed by atoms with Crippen LogP contribution in [-0.4, -0.2) is 17.5 Å². The SMILES string of the molecule is O=C(NN=C1CCCCCC1)C(=O)Nc1ccccc1. The second kappa shape index (κ2) is 7.43. The molecule has 2 amide bonds. The highest BCUT2D eigenvalue weighted by Gasteiger charge is 2.13. The van der Waals surface area contributed by atoms with Gasteiger partial charge in [0, 0.05) is 11.4 Å². The quantitative estimate of drug-likeness (QED) is 0.493. The molecule has 1 saturated carbocycles. The summed E-state index contributed by atoms with van der Waals surface area (Å²) in [7, 11) is 0. The van der Waals surface area contributed by atoms with Gasteiger partial charge in [0.1, 0.15) is 0 Å². The van der Waals surface area contributed by atoms with Crippen LogP contribution >= 0.6 is 0 Å². The van der Waals surface area contributed by atoms with E-state index in [0.29, 0.717) is 5.69 Å². The number of amides is 2. The highest BCUT2D eigenvalue weighted by Crippen LogP contribution is 2.14. The molecule has 1 aromatic rings. The fourth-order valence-corrected chi connectivity index (χ4v) is 2.14. The van der Waals surface area contributed by atoms with Crippen molar-refractivity contribution in [2.24, 2.45) is 5.10 Å². The zero-order chi connectivity index (χ0) is 14.2. The first-order chi connectivity index (χ1) is 9.75.